The number of carbonyl (C=O) groups excluding carboxylic acids is 2. The maximum absolute atomic E-state index is 13.3. The Labute approximate surface area is 160 Å². The highest BCUT2D eigenvalue weighted by molar-refractivity contribution is 5.89. The van der Waals surface area contributed by atoms with Gasteiger partial charge in [-0.1, -0.05) is 38.1 Å². The van der Waals surface area contributed by atoms with E-state index in [4.69, 9.17) is 0 Å². The van der Waals surface area contributed by atoms with Gasteiger partial charge in [0.05, 0.1) is 5.41 Å². The van der Waals surface area contributed by atoms with Crippen molar-refractivity contribution < 1.29 is 19.5 Å². The van der Waals surface area contributed by atoms with Crippen molar-refractivity contribution in [2.24, 2.45) is 11.3 Å². The van der Waals surface area contributed by atoms with Crippen molar-refractivity contribution in [2.75, 3.05) is 13.1 Å². The normalized spacial score (nSPS) is 24.8. The lowest BCUT2D eigenvalue weighted by Gasteiger charge is -2.38. The van der Waals surface area contributed by atoms with Gasteiger partial charge < -0.3 is 14.9 Å². The van der Waals surface area contributed by atoms with Gasteiger partial charge in [-0.2, -0.15) is 0 Å². The number of hydrogen-bond acceptors (Lipinski definition) is 3. The molecule has 146 valence electrons. The van der Waals surface area contributed by atoms with Crippen LogP contribution in [0.3, 0.4) is 0 Å². The number of aliphatic carboxylic acids is 1. The number of amides is 2. The van der Waals surface area contributed by atoms with Crippen molar-refractivity contribution in [1.29, 1.82) is 0 Å². The Morgan fingerprint density at radius 1 is 1.22 bits per heavy atom. The molecule has 6 nitrogen and oxygen atoms in total. The fourth-order valence-electron chi connectivity index (χ4n) is 4.01. The minimum absolute atomic E-state index is 0.0157. The monoisotopic (exact) mass is 372 g/mol. The second kappa shape index (κ2) is 7.33. The molecule has 1 N–H and O–H groups in total. The van der Waals surface area contributed by atoms with E-state index in [-0.39, 0.29) is 24.3 Å². The third-order valence-corrected chi connectivity index (χ3v) is 5.74. The van der Waals surface area contributed by atoms with Crippen LogP contribution in [0, 0.1) is 11.3 Å². The summed E-state index contributed by atoms with van der Waals surface area (Å²) in [5.41, 5.74) is 1.26. The van der Waals surface area contributed by atoms with Gasteiger partial charge in [-0.05, 0) is 30.4 Å². The first-order valence-corrected chi connectivity index (χ1v) is 9.60. The number of benzene rings is 1. The van der Waals surface area contributed by atoms with E-state index in [1.807, 2.05) is 38.1 Å². The summed E-state index contributed by atoms with van der Waals surface area (Å²) in [4.78, 5) is 41.0. The SMILES string of the molecule is CC(C)CC(=O)N1Cc2ccccc2CC1C(=O)N1CCC(C)(C(=O)O)C1. The van der Waals surface area contributed by atoms with Crippen LogP contribution in [0.1, 0.15) is 44.7 Å². The van der Waals surface area contributed by atoms with Gasteiger partial charge in [0.1, 0.15) is 6.04 Å². The number of carbonyl (C=O) groups is 3. The summed E-state index contributed by atoms with van der Waals surface area (Å²) in [6.45, 7) is 6.72. The van der Waals surface area contributed by atoms with Crippen LogP contribution in [-0.4, -0.2) is 51.8 Å². The Bertz CT molecular complexity index is 760. The molecule has 0 radical (unpaired) electrons. The van der Waals surface area contributed by atoms with Crippen LogP contribution in [0.25, 0.3) is 0 Å². The zero-order valence-corrected chi connectivity index (χ0v) is 16.3. The standard InChI is InChI=1S/C21H28N2O4/c1-14(2)10-18(24)23-12-16-7-5-4-6-15(16)11-17(23)19(25)22-9-8-21(3,13-22)20(26)27/h4-7,14,17H,8-13H2,1-3H3,(H,26,27). The van der Waals surface area contributed by atoms with Crippen LogP contribution in [0.4, 0.5) is 0 Å². The van der Waals surface area contributed by atoms with Gasteiger partial charge >= 0.3 is 5.97 Å². The molecule has 1 saturated heterocycles. The molecule has 6 heteroatoms. The Morgan fingerprint density at radius 2 is 1.89 bits per heavy atom. The Morgan fingerprint density at radius 3 is 2.48 bits per heavy atom. The number of hydrogen-bond donors (Lipinski definition) is 1. The smallest absolute Gasteiger partial charge is 0.311 e. The fourth-order valence-corrected chi connectivity index (χ4v) is 4.01. The molecule has 2 heterocycles. The number of fused-ring (bicyclic) bond motifs is 1. The average molecular weight is 372 g/mol. The summed E-state index contributed by atoms with van der Waals surface area (Å²) < 4.78 is 0. The fraction of sp³-hybridized carbons (Fsp3) is 0.571. The molecule has 2 atom stereocenters. The molecule has 2 unspecified atom stereocenters. The maximum Gasteiger partial charge on any atom is 0.311 e. The Balaban J connectivity index is 1.85. The second-order valence-electron chi connectivity index (χ2n) is 8.48. The van der Waals surface area contributed by atoms with Crippen LogP contribution < -0.4 is 0 Å². The van der Waals surface area contributed by atoms with Crippen molar-refractivity contribution >= 4 is 17.8 Å². The number of carboxylic acid groups (broad SMARTS) is 1. The van der Waals surface area contributed by atoms with Gasteiger partial charge in [-0.25, -0.2) is 0 Å². The molecule has 2 amide bonds. The molecule has 2 aliphatic heterocycles. The molecule has 1 aromatic carbocycles. The maximum atomic E-state index is 13.3. The van der Waals surface area contributed by atoms with E-state index in [0.717, 1.165) is 11.1 Å². The highest BCUT2D eigenvalue weighted by atomic mass is 16.4. The topological polar surface area (TPSA) is 77.9 Å². The largest absolute Gasteiger partial charge is 0.481 e. The van der Waals surface area contributed by atoms with E-state index in [0.29, 0.717) is 32.4 Å². The van der Waals surface area contributed by atoms with Gasteiger partial charge in [0.25, 0.3) is 0 Å². The average Bonchev–Trinajstić information content (AvgIpc) is 3.03. The van der Waals surface area contributed by atoms with E-state index in [2.05, 4.69) is 0 Å². The van der Waals surface area contributed by atoms with E-state index >= 15 is 0 Å². The zero-order chi connectivity index (χ0) is 19.8. The molecule has 27 heavy (non-hydrogen) atoms. The van der Waals surface area contributed by atoms with E-state index < -0.39 is 17.4 Å². The number of rotatable bonds is 4. The van der Waals surface area contributed by atoms with Gasteiger partial charge in [0.2, 0.25) is 11.8 Å². The molecule has 0 spiro atoms. The summed E-state index contributed by atoms with van der Waals surface area (Å²) in [7, 11) is 0. The van der Waals surface area contributed by atoms with E-state index in [9.17, 15) is 19.5 Å². The highest BCUT2D eigenvalue weighted by Gasteiger charge is 2.45. The lowest BCUT2D eigenvalue weighted by Crippen LogP contribution is -2.53. The summed E-state index contributed by atoms with van der Waals surface area (Å²) in [5, 5.41) is 9.45. The quantitative estimate of drug-likeness (QED) is 0.880. The third-order valence-electron chi connectivity index (χ3n) is 5.74. The Hall–Kier alpha value is -2.37. The molecule has 1 aromatic rings. The predicted octanol–water partition coefficient (Wildman–Crippen LogP) is 2.31. The van der Waals surface area contributed by atoms with Crippen molar-refractivity contribution in [3.63, 3.8) is 0 Å². The van der Waals surface area contributed by atoms with Crippen LogP contribution in [0.2, 0.25) is 0 Å². The molecule has 0 bridgehead atoms. The molecule has 2 aliphatic rings. The van der Waals surface area contributed by atoms with Crippen molar-refractivity contribution in [1.82, 2.24) is 9.80 Å². The predicted molar refractivity (Wildman–Crippen MR) is 101 cm³/mol. The minimum atomic E-state index is -0.908. The Kier molecular flexibility index (Phi) is 5.27. The number of carboxylic acids is 1. The van der Waals surface area contributed by atoms with Gasteiger partial charge in [-0.3, -0.25) is 14.4 Å². The lowest BCUT2D eigenvalue weighted by molar-refractivity contribution is -0.150. The van der Waals surface area contributed by atoms with Crippen LogP contribution in [0.15, 0.2) is 24.3 Å². The van der Waals surface area contributed by atoms with Gasteiger partial charge in [-0.15, -0.1) is 0 Å². The summed E-state index contributed by atoms with van der Waals surface area (Å²) in [6, 6.07) is 7.35. The van der Waals surface area contributed by atoms with Gasteiger partial charge in [0, 0.05) is 32.5 Å². The van der Waals surface area contributed by atoms with Crippen LogP contribution in [-0.2, 0) is 27.3 Å². The molecule has 1 fully saturated rings. The van der Waals surface area contributed by atoms with Crippen molar-refractivity contribution in [2.45, 2.75) is 52.6 Å². The molecular weight excluding hydrogens is 344 g/mol. The van der Waals surface area contributed by atoms with E-state index in [1.54, 1.807) is 16.7 Å². The lowest BCUT2D eigenvalue weighted by atomic mass is 9.90. The molecule has 0 aliphatic carbocycles. The zero-order valence-electron chi connectivity index (χ0n) is 16.3. The number of nitrogens with zero attached hydrogens (tertiary/aromatic N) is 2. The first kappa shape index (κ1) is 19.4. The molecule has 3 rings (SSSR count). The minimum Gasteiger partial charge on any atom is -0.481 e. The van der Waals surface area contributed by atoms with Crippen LogP contribution in [0.5, 0.6) is 0 Å². The van der Waals surface area contributed by atoms with Crippen LogP contribution >= 0.6 is 0 Å². The second-order valence-corrected chi connectivity index (χ2v) is 8.48. The van der Waals surface area contributed by atoms with Crippen molar-refractivity contribution in [3.8, 4) is 0 Å². The molecule has 0 saturated carbocycles. The van der Waals surface area contributed by atoms with Crippen molar-refractivity contribution in [3.05, 3.63) is 35.4 Å². The summed E-state index contributed by atoms with van der Waals surface area (Å²) >= 11 is 0. The van der Waals surface area contributed by atoms with E-state index in [1.165, 1.54) is 0 Å². The number of likely N-dealkylation sites (tertiary alicyclic amines) is 1. The highest BCUT2D eigenvalue weighted by Crippen LogP contribution is 2.32. The first-order valence-electron chi connectivity index (χ1n) is 9.60. The molecule has 0 aromatic heterocycles. The van der Waals surface area contributed by atoms with Gasteiger partial charge in [0.15, 0.2) is 0 Å². The molecular formula is C21H28N2O4. The summed E-state index contributed by atoms with van der Waals surface area (Å²) in [5.74, 6) is -0.809. The summed E-state index contributed by atoms with van der Waals surface area (Å²) in [6.07, 6.45) is 1.33. The third kappa shape index (κ3) is 3.84. The first-order chi connectivity index (χ1) is 12.7.